The molecule has 9 heteroatoms. The summed E-state index contributed by atoms with van der Waals surface area (Å²) in [6.07, 6.45) is 0.239. The number of carbonyl (C=O) groups is 2. The number of nitrogens with one attached hydrogen (secondary N) is 1. The van der Waals surface area contributed by atoms with Gasteiger partial charge in [-0.05, 0) is 69.2 Å². The van der Waals surface area contributed by atoms with Crippen molar-refractivity contribution in [3.05, 3.63) is 131 Å². The van der Waals surface area contributed by atoms with Crippen molar-refractivity contribution < 1.29 is 18.0 Å². The molecule has 0 fully saturated rings. The maximum absolute atomic E-state index is 14.5. The van der Waals surface area contributed by atoms with Gasteiger partial charge in [0, 0.05) is 23.5 Å². The van der Waals surface area contributed by atoms with Crippen molar-refractivity contribution in [2.45, 2.75) is 57.1 Å². The van der Waals surface area contributed by atoms with Gasteiger partial charge in [0.25, 0.3) is 10.0 Å². The summed E-state index contributed by atoms with van der Waals surface area (Å²) in [6.45, 7) is 7.15. The maximum atomic E-state index is 14.5. The average molecular weight is 632 g/mol. The van der Waals surface area contributed by atoms with Gasteiger partial charge >= 0.3 is 0 Å². The summed E-state index contributed by atoms with van der Waals surface area (Å²) < 4.78 is 29.1. The standard InChI is InChI=1S/C35H38ClN3O4S/c1-26-13-11-16-28(21-26)24-38(32(34(41)37-35(2,3)4)22-27-14-7-5-8-15-27)33(40)25-39(30-18-12-17-29(36)23-30)44(42,43)31-19-9-6-10-20-31/h5-21,23,32H,22,24-25H2,1-4H3,(H,37,41)/t32-/m0/s1. The van der Waals surface area contributed by atoms with Gasteiger partial charge < -0.3 is 10.2 Å². The highest BCUT2D eigenvalue weighted by Gasteiger charge is 2.35. The molecule has 0 radical (unpaired) electrons. The Kier molecular flexibility index (Phi) is 10.5. The van der Waals surface area contributed by atoms with Crippen molar-refractivity contribution in [3.8, 4) is 0 Å². The number of halogens is 1. The van der Waals surface area contributed by atoms with Gasteiger partial charge in [-0.3, -0.25) is 13.9 Å². The molecule has 4 aromatic carbocycles. The van der Waals surface area contributed by atoms with Crippen LogP contribution in [-0.2, 0) is 32.6 Å². The van der Waals surface area contributed by atoms with Crippen molar-refractivity contribution >= 4 is 39.1 Å². The summed E-state index contributed by atoms with van der Waals surface area (Å²) in [5.41, 5.74) is 2.37. The Morgan fingerprint density at radius 2 is 1.43 bits per heavy atom. The molecule has 2 amide bonds. The summed E-state index contributed by atoms with van der Waals surface area (Å²) in [5, 5.41) is 3.36. The van der Waals surface area contributed by atoms with E-state index in [0.29, 0.717) is 5.02 Å². The molecule has 44 heavy (non-hydrogen) atoms. The van der Waals surface area contributed by atoms with E-state index >= 15 is 0 Å². The van der Waals surface area contributed by atoms with Crippen LogP contribution in [-0.4, -0.2) is 43.3 Å². The third-order valence-corrected chi connectivity index (χ3v) is 8.93. The van der Waals surface area contributed by atoms with E-state index in [1.54, 1.807) is 36.4 Å². The molecule has 230 valence electrons. The van der Waals surface area contributed by atoms with E-state index in [4.69, 9.17) is 11.6 Å². The predicted octanol–water partition coefficient (Wildman–Crippen LogP) is 6.40. The second kappa shape index (κ2) is 14.1. The minimum atomic E-state index is -4.19. The summed E-state index contributed by atoms with van der Waals surface area (Å²) in [4.78, 5) is 29.9. The molecule has 0 saturated carbocycles. The van der Waals surface area contributed by atoms with E-state index < -0.39 is 34.1 Å². The fourth-order valence-electron chi connectivity index (χ4n) is 4.89. The van der Waals surface area contributed by atoms with Crippen molar-refractivity contribution in [1.82, 2.24) is 10.2 Å². The van der Waals surface area contributed by atoms with Crippen molar-refractivity contribution in [2.75, 3.05) is 10.8 Å². The minimum absolute atomic E-state index is 0.0318. The largest absolute Gasteiger partial charge is 0.350 e. The fraction of sp³-hybridized carbons (Fsp3) is 0.257. The van der Waals surface area contributed by atoms with Crippen LogP contribution in [0.3, 0.4) is 0 Å². The smallest absolute Gasteiger partial charge is 0.264 e. The molecule has 0 aromatic heterocycles. The van der Waals surface area contributed by atoms with Gasteiger partial charge in [0.05, 0.1) is 10.6 Å². The first-order chi connectivity index (χ1) is 20.8. The first-order valence-corrected chi connectivity index (χ1v) is 16.2. The second-order valence-electron chi connectivity index (χ2n) is 11.8. The minimum Gasteiger partial charge on any atom is -0.350 e. The molecule has 0 saturated heterocycles. The Morgan fingerprint density at radius 1 is 0.818 bits per heavy atom. The fourth-order valence-corrected chi connectivity index (χ4v) is 6.51. The van der Waals surface area contributed by atoms with Crippen molar-refractivity contribution in [3.63, 3.8) is 0 Å². The van der Waals surface area contributed by atoms with E-state index in [2.05, 4.69) is 5.32 Å². The molecule has 1 atom stereocenters. The number of amides is 2. The van der Waals surface area contributed by atoms with Crippen molar-refractivity contribution in [2.24, 2.45) is 0 Å². The summed E-state index contributed by atoms with van der Waals surface area (Å²) in [5.74, 6) is -0.862. The van der Waals surface area contributed by atoms with Crippen molar-refractivity contribution in [1.29, 1.82) is 0 Å². The lowest BCUT2D eigenvalue weighted by molar-refractivity contribution is -0.140. The Balaban J connectivity index is 1.82. The van der Waals surface area contributed by atoms with E-state index in [1.807, 2.05) is 82.3 Å². The molecule has 1 N–H and O–H groups in total. The molecular formula is C35H38ClN3O4S. The van der Waals surface area contributed by atoms with Crippen LogP contribution in [0.15, 0.2) is 114 Å². The van der Waals surface area contributed by atoms with Crippen LogP contribution >= 0.6 is 11.6 Å². The molecule has 0 aliphatic carbocycles. The first-order valence-electron chi connectivity index (χ1n) is 14.4. The zero-order valence-corrected chi connectivity index (χ0v) is 27.0. The van der Waals surface area contributed by atoms with Gasteiger partial charge in [-0.25, -0.2) is 8.42 Å². The second-order valence-corrected chi connectivity index (χ2v) is 14.1. The molecular weight excluding hydrogens is 594 g/mol. The normalized spacial score (nSPS) is 12.3. The van der Waals surface area contributed by atoms with Gasteiger partial charge in [-0.15, -0.1) is 0 Å². The number of carbonyl (C=O) groups excluding carboxylic acids is 2. The van der Waals surface area contributed by atoms with Crippen LogP contribution in [0.25, 0.3) is 0 Å². The lowest BCUT2D eigenvalue weighted by Gasteiger charge is -2.35. The maximum Gasteiger partial charge on any atom is 0.264 e. The quantitative estimate of drug-likeness (QED) is 0.208. The number of anilines is 1. The number of sulfonamides is 1. The molecule has 0 spiro atoms. The topological polar surface area (TPSA) is 86.8 Å². The number of nitrogens with zero attached hydrogens (tertiary/aromatic N) is 2. The van der Waals surface area contributed by atoms with E-state index in [-0.39, 0.29) is 29.5 Å². The SMILES string of the molecule is Cc1cccc(CN(C(=O)CN(c2cccc(Cl)c2)S(=O)(=O)c2ccccc2)[C@@H](Cc2ccccc2)C(=O)NC(C)(C)C)c1. The predicted molar refractivity (Wildman–Crippen MR) is 176 cm³/mol. The Labute approximate surface area is 265 Å². The summed E-state index contributed by atoms with van der Waals surface area (Å²) >= 11 is 6.28. The third kappa shape index (κ3) is 8.71. The van der Waals surface area contributed by atoms with Gasteiger partial charge in [-0.1, -0.05) is 96.0 Å². The molecule has 4 aromatic rings. The lowest BCUT2D eigenvalue weighted by atomic mass is 10.0. The Hall–Kier alpha value is -4.14. The Bertz CT molecular complexity index is 1690. The van der Waals surface area contributed by atoms with Crippen LogP contribution in [0.5, 0.6) is 0 Å². The zero-order chi connectivity index (χ0) is 31.9. The third-order valence-electron chi connectivity index (χ3n) is 6.91. The molecule has 0 unspecified atom stereocenters. The zero-order valence-electron chi connectivity index (χ0n) is 25.4. The average Bonchev–Trinajstić information content (AvgIpc) is 2.97. The van der Waals surface area contributed by atoms with Crippen LogP contribution in [0.1, 0.15) is 37.5 Å². The van der Waals surface area contributed by atoms with Crippen LogP contribution in [0, 0.1) is 6.92 Å². The number of rotatable bonds is 11. The van der Waals surface area contributed by atoms with E-state index in [1.165, 1.54) is 23.1 Å². The molecule has 0 aliphatic heterocycles. The number of hydrogen-bond donors (Lipinski definition) is 1. The summed E-state index contributed by atoms with van der Waals surface area (Å²) in [7, 11) is -4.19. The lowest BCUT2D eigenvalue weighted by Crippen LogP contribution is -2.56. The Morgan fingerprint density at radius 3 is 2.05 bits per heavy atom. The summed E-state index contributed by atoms with van der Waals surface area (Å²) in [6, 6.07) is 30.6. The molecule has 0 bridgehead atoms. The van der Waals surface area contributed by atoms with E-state index in [0.717, 1.165) is 21.0 Å². The molecule has 7 nitrogen and oxygen atoms in total. The van der Waals surface area contributed by atoms with Gasteiger partial charge in [0.1, 0.15) is 12.6 Å². The van der Waals surface area contributed by atoms with Crippen LogP contribution < -0.4 is 9.62 Å². The number of aryl methyl sites for hydroxylation is 1. The van der Waals surface area contributed by atoms with Crippen LogP contribution in [0.2, 0.25) is 5.02 Å². The highest BCUT2D eigenvalue weighted by Crippen LogP contribution is 2.27. The highest BCUT2D eigenvalue weighted by atomic mass is 35.5. The van der Waals surface area contributed by atoms with E-state index in [9.17, 15) is 18.0 Å². The first kappa shape index (κ1) is 32.8. The van der Waals surface area contributed by atoms with Crippen LogP contribution in [0.4, 0.5) is 5.69 Å². The highest BCUT2D eigenvalue weighted by molar-refractivity contribution is 7.92. The number of hydrogen-bond acceptors (Lipinski definition) is 4. The monoisotopic (exact) mass is 631 g/mol. The van der Waals surface area contributed by atoms with Gasteiger partial charge in [-0.2, -0.15) is 0 Å². The molecule has 0 aliphatic rings. The van der Waals surface area contributed by atoms with Gasteiger partial charge in [0.15, 0.2) is 0 Å². The molecule has 0 heterocycles. The van der Waals surface area contributed by atoms with Gasteiger partial charge in [0.2, 0.25) is 11.8 Å². The molecule has 4 rings (SSSR count). The number of benzene rings is 4.